The molecule has 0 radical (unpaired) electrons. The summed E-state index contributed by atoms with van der Waals surface area (Å²) in [4.78, 5) is 25.5. The molecule has 4 nitrogen and oxygen atoms in total. The van der Waals surface area contributed by atoms with Crippen LogP contribution in [0.15, 0.2) is 42.5 Å². The lowest BCUT2D eigenvalue weighted by atomic mass is 10.0. The van der Waals surface area contributed by atoms with Crippen molar-refractivity contribution in [3.05, 3.63) is 58.6 Å². The maximum atomic E-state index is 12.8. The third kappa shape index (κ3) is 3.54. The lowest BCUT2D eigenvalue weighted by Crippen LogP contribution is -2.36. The highest BCUT2D eigenvalue weighted by Crippen LogP contribution is 2.47. The number of halogens is 1. The molecule has 25 heavy (non-hydrogen) atoms. The molecule has 0 bridgehead atoms. The van der Waals surface area contributed by atoms with Crippen LogP contribution in [0, 0.1) is 12.3 Å². The zero-order valence-corrected chi connectivity index (χ0v) is 15.1. The second-order valence-electron chi connectivity index (χ2n) is 6.46. The topological polar surface area (TPSA) is 58.2 Å². The van der Waals surface area contributed by atoms with Gasteiger partial charge in [0.1, 0.15) is 5.41 Å². The number of nitrogens with one attached hydrogen (secondary N) is 2. The summed E-state index contributed by atoms with van der Waals surface area (Å²) in [5.74, 6) is -0.519. The largest absolute Gasteiger partial charge is 0.325 e. The Bertz CT molecular complexity index is 828. The van der Waals surface area contributed by atoms with Crippen LogP contribution < -0.4 is 10.6 Å². The summed E-state index contributed by atoms with van der Waals surface area (Å²) in [7, 11) is 0. The van der Waals surface area contributed by atoms with Gasteiger partial charge in [0.15, 0.2) is 0 Å². The average molecular weight is 357 g/mol. The predicted octanol–water partition coefficient (Wildman–Crippen LogP) is 4.57. The average Bonchev–Trinajstić information content (AvgIpc) is 3.40. The summed E-state index contributed by atoms with van der Waals surface area (Å²) in [6.45, 7) is 3.93. The molecule has 0 spiro atoms. The molecule has 2 aromatic rings. The van der Waals surface area contributed by atoms with Crippen molar-refractivity contribution in [2.75, 3.05) is 10.6 Å². The van der Waals surface area contributed by atoms with E-state index in [0.29, 0.717) is 23.6 Å². The van der Waals surface area contributed by atoms with Crippen LogP contribution in [0.3, 0.4) is 0 Å². The minimum atomic E-state index is -0.990. The molecule has 0 aliphatic heterocycles. The van der Waals surface area contributed by atoms with E-state index in [2.05, 4.69) is 10.6 Å². The van der Waals surface area contributed by atoms with Crippen molar-refractivity contribution < 1.29 is 9.59 Å². The highest BCUT2D eigenvalue weighted by Gasteiger charge is 2.56. The van der Waals surface area contributed by atoms with Gasteiger partial charge in [0.2, 0.25) is 11.8 Å². The number of amides is 2. The summed E-state index contributed by atoms with van der Waals surface area (Å²) in [5, 5.41) is 6.34. The van der Waals surface area contributed by atoms with Crippen molar-refractivity contribution in [3.63, 3.8) is 0 Å². The van der Waals surface area contributed by atoms with Gasteiger partial charge in [-0.05, 0) is 55.5 Å². The molecule has 3 rings (SSSR count). The minimum absolute atomic E-state index is 0.245. The van der Waals surface area contributed by atoms with Crippen molar-refractivity contribution >= 4 is 34.8 Å². The van der Waals surface area contributed by atoms with Gasteiger partial charge in [-0.2, -0.15) is 0 Å². The van der Waals surface area contributed by atoms with Crippen LogP contribution in [0.4, 0.5) is 11.4 Å². The van der Waals surface area contributed by atoms with Gasteiger partial charge in [-0.1, -0.05) is 42.8 Å². The fourth-order valence-corrected chi connectivity index (χ4v) is 3.02. The van der Waals surface area contributed by atoms with E-state index in [1.807, 2.05) is 44.2 Å². The zero-order valence-electron chi connectivity index (χ0n) is 14.4. The van der Waals surface area contributed by atoms with Crippen LogP contribution in [0.5, 0.6) is 0 Å². The van der Waals surface area contributed by atoms with Crippen molar-refractivity contribution in [1.29, 1.82) is 0 Å². The molecule has 1 saturated carbocycles. The number of anilines is 2. The smallest absolute Gasteiger partial charge is 0.240 e. The Morgan fingerprint density at radius 2 is 1.68 bits per heavy atom. The van der Waals surface area contributed by atoms with Gasteiger partial charge >= 0.3 is 0 Å². The van der Waals surface area contributed by atoms with E-state index in [4.69, 9.17) is 11.6 Å². The molecule has 2 N–H and O–H groups in total. The van der Waals surface area contributed by atoms with E-state index in [9.17, 15) is 9.59 Å². The molecule has 5 heteroatoms. The van der Waals surface area contributed by atoms with Crippen LogP contribution in [-0.2, 0) is 16.0 Å². The van der Waals surface area contributed by atoms with E-state index in [-0.39, 0.29) is 11.8 Å². The van der Waals surface area contributed by atoms with Crippen LogP contribution in [0.1, 0.15) is 30.9 Å². The number of carbonyl (C=O) groups excluding carboxylic acids is 2. The summed E-state index contributed by atoms with van der Waals surface area (Å²) in [5.41, 5.74) is 2.39. The quantitative estimate of drug-likeness (QED) is 0.771. The van der Waals surface area contributed by atoms with Crippen LogP contribution >= 0.6 is 11.6 Å². The van der Waals surface area contributed by atoms with E-state index in [0.717, 1.165) is 23.2 Å². The number of benzene rings is 2. The van der Waals surface area contributed by atoms with Gasteiger partial charge in [0, 0.05) is 16.4 Å². The normalized spacial score (nSPS) is 14.7. The molecular formula is C20H21ClN2O2. The van der Waals surface area contributed by atoms with Crippen molar-refractivity contribution in [2.45, 2.75) is 33.1 Å². The molecule has 1 aliphatic rings. The summed E-state index contributed by atoms with van der Waals surface area (Å²) in [6, 6.07) is 13.0. The second-order valence-corrected chi connectivity index (χ2v) is 6.90. The van der Waals surface area contributed by atoms with Gasteiger partial charge in [0.05, 0.1) is 0 Å². The molecular weight excluding hydrogens is 336 g/mol. The highest BCUT2D eigenvalue weighted by atomic mass is 35.5. The van der Waals surface area contributed by atoms with Gasteiger partial charge < -0.3 is 10.6 Å². The Morgan fingerprint density at radius 1 is 1.04 bits per heavy atom. The SMILES string of the molecule is CCc1ccccc1NC(=O)C1(C(=O)Nc2cc(Cl)ccc2C)CC1. The molecule has 0 atom stereocenters. The Hall–Kier alpha value is -2.33. The van der Waals surface area contributed by atoms with Crippen LogP contribution in [-0.4, -0.2) is 11.8 Å². The van der Waals surface area contributed by atoms with Crippen molar-refractivity contribution in [1.82, 2.24) is 0 Å². The van der Waals surface area contributed by atoms with E-state index >= 15 is 0 Å². The minimum Gasteiger partial charge on any atom is -0.325 e. The summed E-state index contributed by atoms with van der Waals surface area (Å²) in [6.07, 6.45) is 1.93. The molecule has 2 aromatic carbocycles. The first-order valence-electron chi connectivity index (χ1n) is 8.43. The summed E-state index contributed by atoms with van der Waals surface area (Å²) < 4.78 is 0. The maximum absolute atomic E-state index is 12.8. The second kappa shape index (κ2) is 6.89. The van der Waals surface area contributed by atoms with Gasteiger partial charge in [0.25, 0.3) is 0 Å². The highest BCUT2D eigenvalue weighted by molar-refractivity contribution is 6.31. The summed E-state index contributed by atoms with van der Waals surface area (Å²) >= 11 is 6.00. The number of aryl methyl sites for hydroxylation is 2. The first-order chi connectivity index (χ1) is 12.0. The van der Waals surface area contributed by atoms with Crippen LogP contribution in [0.2, 0.25) is 5.02 Å². The van der Waals surface area contributed by atoms with Gasteiger partial charge in [-0.3, -0.25) is 9.59 Å². The first-order valence-corrected chi connectivity index (χ1v) is 8.81. The number of hydrogen-bond acceptors (Lipinski definition) is 2. The van der Waals surface area contributed by atoms with E-state index < -0.39 is 5.41 Å². The fraction of sp³-hybridized carbons (Fsp3) is 0.300. The molecule has 130 valence electrons. The predicted molar refractivity (Wildman–Crippen MR) is 101 cm³/mol. The molecule has 0 heterocycles. The maximum Gasteiger partial charge on any atom is 0.240 e. The molecule has 1 aliphatic carbocycles. The Labute approximate surface area is 152 Å². The number of hydrogen-bond donors (Lipinski definition) is 2. The Kier molecular flexibility index (Phi) is 4.82. The fourth-order valence-electron chi connectivity index (χ4n) is 2.85. The molecule has 2 amide bonds. The molecule has 0 unspecified atom stereocenters. The molecule has 1 fully saturated rings. The Morgan fingerprint density at radius 3 is 2.32 bits per heavy atom. The standard InChI is InChI=1S/C20H21ClN2O2/c1-3-14-6-4-5-7-16(14)22-18(24)20(10-11-20)19(25)23-17-12-15(21)9-8-13(17)2/h4-9,12H,3,10-11H2,1-2H3,(H,22,24)(H,23,25). The first kappa shape index (κ1) is 17.5. The van der Waals surface area contributed by atoms with Gasteiger partial charge in [-0.25, -0.2) is 0 Å². The lowest BCUT2D eigenvalue weighted by Gasteiger charge is -2.18. The number of rotatable bonds is 5. The zero-order chi connectivity index (χ0) is 18.0. The third-order valence-electron chi connectivity index (χ3n) is 4.71. The van der Waals surface area contributed by atoms with Crippen LogP contribution in [0.25, 0.3) is 0 Å². The van der Waals surface area contributed by atoms with E-state index in [1.165, 1.54) is 0 Å². The molecule has 0 aromatic heterocycles. The Balaban J connectivity index is 1.76. The van der Waals surface area contributed by atoms with E-state index in [1.54, 1.807) is 12.1 Å². The monoisotopic (exact) mass is 356 g/mol. The number of carbonyl (C=O) groups is 2. The van der Waals surface area contributed by atoms with Crippen molar-refractivity contribution in [2.24, 2.45) is 5.41 Å². The third-order valence-corrected chi connectivity index (χ3v) is 4.95. The number of para-hydroxylation sites is 1. The lowest BCUT2D eigenvalue weighted by molar-refractivity contribution is -0.131. The van der Waals surface area contributed by atoms with Gasteiger partial charge in [-0.15, -0.1) is 0 Å². The molecule has 0 saturated heterocycles. The van der Waals surface area contributed by atoms with Crippen molar-refractivity contribution in [3.8, 4) is 0 Å².